The quantitative estimate of drug-likeness (QED) is 0.340. The fourth-order valence-electron chi connectivity index (χ4n) is 3.25. The number of para-hydroxylation sites is 1. The minimum Gasteiger partial charge on any atom is -0.423 e. The summed E-state index contributed by atoms with van der Waals surface area (Å²) < 4.78 is 5.36. The van der Waals surface area contributed by atoms with Gasteiger partial charge in [0, 0.05) is 5.69 Å². The van der Waals surface area contributed by atoms with Crippen LogP contribution in [0.1, 0.15) is 21.5 Å². The maximum atomic E-state index is 12.9. The molecule has 1 aliphatic heterocycles. The Morgan fingerprint density at radius 3 is 2.19 bits per heavy atom. The second kappa shape index (κ2) is 8.69. The van der Waals surface area contributed by atoms with Gasteiger partial charge in [-0.3, -0.25) is 9.59 Å². The molecule has 2 amide bonds. The van der Waals surface area contributed by atoms with Gasteiger partial charge in [-0.25, -0.2) is 9.69 Å². The van der Waals surface area contributed by atoms with E-state index < -0.39 is 17.8 Å². The highest BCUT2D eigenvalue weighted by atomic mass is 35.5. The van der Waals surface area contributed by atoms with Gasteiger partial charge in [0.05, 0.1) is 11.3 Å². The minimum atomic E-state index is -0.591. The molecule has 3 aromatic rings. The van der Waals surface area contributed by atoms with Gasteiger partial charge in [-0.15, -0.1) is 0 Å². The van der Waals surface area contributed by atoms with E-state index >= 15 is 0 Å². The normalized spacial score (nSPS) is 13.5. The molecule has 0 radical (unpaired) electrons. The molecule has 0 unspecified atom stereocenters. The van der Waals surface area contributed by atoms with Crippen LogP contribution in [-0.2, 0) is 9.59 Å². The highest BCUT2D eigenvalue weighted by molar-refractivity contribution is 6.53. The van der Waals surface area contributed by atoms with Gasteiger partial charge in [0.25, 0.3) is 11.8 Å². The van der Waals surface area contributed by atoms with E-state index in [0.717, 1.165) is 16.0 Å². The molecule has 1 aliphatic rings. The molecule has 0 bridgehead atoms. The second-order valence-corrected chi connectivity index (χ2v) is 7.70. The molecule has 6 nitrogen and oxygen atoms in total. The van der Waals surface area contributed by atoms with Crippen molar-refractivity contribution < 1.29 is 19.1 Å². The number of halogens is 1. The van der Waals surface area contributed by atoms with Gasteiger partial charge in [0.2, 0.25) is 0 Å². The molecule has 32 heavy (non-hydrogen) atoms. The van der Waals surface area contributed by atoms with Crippen LogP contribution in [-0.4, -0.2) is 17.8 Å². The molecule has 4 rings (SSSR count). The highest BCUT2D eigenvalue weighted by Crippen LogP contribution is 2.31. The lowest BCUT2D eigenvalue weighted by molar-refractivity contribution is -0.120. The van der Waals surface area contributed by atoms with Crippen molar-refractivity contribution in [2.45, 2.75) is 13.8 Å². The van der Waals surface area contributed by atoms with Crippen molar-refractivity contribution in [3.8, 4) is 5.75 Å². The number of esters is 1. The predicted octanol–water partition coefficient (Wildman–Crippen LogP) is 4.96. The summed E-state index contributed by atoms with van der Waals surface area (Å²) in [4.78, 5) is 38.9. The molecule has 1 N–H and O–H groups in total. The Hall–Kier alpha value is -3.90. The van der Waals surface area contributed by atoms with Crippen LogP contribution in [0, 0.1) is 13.8 Å². The van der Waals surface area contributed by atoms with E-state index in [1.807, 2.05) is 38.1 Å². The molecular formula is C25H19ClN2O4. The molecule has 0 aliphatic carbocycles. The lowest BCUT2D eigenvalue weighted by Gasteiger charge is -2.17. The number of amides is 2. The summed E-state index contributed by atoms with van der Waals surface area (Å²) in [6.45, 7) is 3.76. The topological polar surface area (TPSA) is 75.7 Å². The van der Waals surface area contributed by atoms with Crippen molar-refractivity contribution in [3.05, 3.63) is 100 Å². The summed E-state index contributed by atoms with van der Waals surface area (Å²) >= 11 is 6.18. The number of hydrogen-bond donors (Lipinski definition) is 1. The SMILES string of the molecule is Cc1ccc(OC(=O)c2ccc(NC3=C(Cl)C(=O)N(c4ccccc4C)C3=O)cc2)cc1. The summed E-state index contributed by atoms with van der Waals surface area (Å²) in [6, 6.07) is 20.6. The average Bonchev–Trinajstić information content (AvgIpc) is 2.99. The number of nitrogens with one attached hydrogen (secondary N) is 1. The predicted molar refractivity (Wildman–Crippen MR) is 123 cm³/mol. The van der Waals surface area contributed by atoms with Crippen molar-refractivity contribution in [2.75, 3.05) is 10.2 Å². The van der Waals surface area contributed by atoms with Gasteiger partial charge in [-0.05, 0) is 61.9 Å². The Morgan fingerprint density at radius 2 is 1.53 bits per heavy atom. The van der Waals surface area contributed by atoms with Crippen LogP contribution < -0.4 is 15.0 Å². The van der Waals surface area contributed by atoms with Gasteiger partial charge in [0.1, 0.15) is 16.5 Å². The third-order valence-electron chi connectivity index (χ3n) is 5.01. The van der Waals surface area contributed by atoms with Crippen molar-refractivity contribution in [1.82, 2.24) is 0 Å². The molecule has 0 aromatic heterocycles. The van der Waals surface area contributed by atoms with E-state index in [9.17, 15) is 14.4 Å². The number of nitrogens with zero attached hydrogens (tertiary/aromatic N) is 1. The average molecular weight is 447 g/mol. The zero-order chi connectivity index (χ0) is 22.8. The third kappa shape index (κ3) is 4.13. The molecule has 160 valence electrons. The van der Waals surface area contributed by atoms with E-state index in [-0.39, 0.29) is 10.7 Å². The van der Waals surface area contributed by atoms with Crippen LogP contribution >= 0.6 is 11.6 Å². The molecule has 0 spiro atoms. The van der Waals surface area contributed by atoms with E-state index in [1.54, 1.807) is 48.5 Å². The van der Waals surface area contributed by atoms with Crippen LogP contribution in [0.4, 0.5) is 11.4 Å². The van der Waals surface area contributed by atoms with Gasteiger partial charge in [0.15, 0.2) is 0 Å². The molecule has 0 saturated carbocycles. The molecule has 3 aromatic carbocycles. The fourth-order valence-corrected chi connectivity index (χ4v) is 3.46. The maximum absolute atomic E-state index is 12.9. The molecule has 1 heterocycles. The smallest absolute Gasteiger partial charge is 0.343 e. The Kier molecular flexibility index (Phi) is 5.79. The minimum absolute atomic E-state index is 0.0186. The summed E-state index contributed by atoms with van der Waals surface area (Å²) in [7, 11) is 0. The number of carbonyl (C=O) groups excluding carboxylic acids is 3. The summed E-state index contributed by atoms with van der Waals surface area (Å²) in [5, 5.41) is 2.70. The number of carbonyl (C=O) groups is 3. The summed E-state index contributed by atoms with van der Waals surface area (Å²) in [6.07, 6.45) is 0. The Labute approximate surface area is 190 Å². The first-order valence-electron chi connectivity index (χ1n) is 9.85. The number of hydrogen-bond acceptors (Lipinski definition) is 5. The van der Waals surface area contributed by atoms with Gasteiger partial charge in [-0.2, -0.15) is 0 Å². The van der Waals surface area contributed by atoms with Crippen molar-refractivity contribution in [2.24, 2.45) is 0 Å². The Morgan fingerprint density at radius 1 is 0.875 bits per heavy atom. The lowest BCUT2D eigenvalue weighted by atomic mass is 10.2. The third-order valence-corrected chi connectivity index (χ3v) is 5.36. The van der Waals surface area contributed by atoms with Gasteiger partial charge in [-0.1, -0.05) is 47.5 Å². The number of rotatable bonds is 5. The second-order valence-electron chi connectivity index (χ2n) is 7.33. The number of imide groups is 1. The first-order valence-corrected chi connectivity index (χ1v) is 10.2. The van der Waals surface area contributed by atoms with Crippen LogP contribution in [0.3, 0.4) is 0 Å². The van der Waals surface area contributed by atoms with Crippen molar-refractivity contribution in [3.63, 3.8) is 0 Å². The van der Waals surface area contributed by atoms with Gasteiger partial charge < -0.3 is 10.1 Å². The van der Waals surface area contributed by atoms with Gasteiger partial charge >= 0.3 is 5.97 Å². The molecule has 7 heteroatoms. The van der Waals surface area contributed by atoms with E-state index in [4.69, 9.17) is 16.3 Å². The monoisotopic (exact) mass is 446 g/mol. The molecule has 0 atom stereocenters. The Balaban J connectivity index is 1.49. The summed E-state index contributed by atoms with van der Waals surface area (Å²) in [5.41, 5.74) is 3.14. The number of aryl methyl sites for hydroxylation is 2. The molecule has 0 saturated heterocycles. The van der Waals surface area contributed by atoms with Crippen LogP contribution in [0.5, 0.6) is 5.75 Å². The standard InChI is InChI=1S/C25H19ClN2O4/c1-15-7-13-19(14-8-15)32-25(31)17-9-11-18(12-10-17)27-22-21(26)23(29)28(24(22)30)20-6-4-3-5-16(20)2/h3-14,27H,1-2H3. The van der Waals surface area contributed by atoms with Crippen molar-refractivity contribution >= 4 is 40.8 Å². The lowest BCUT2D eigenvalue weighted by Crippen LogP contribution is -2.32. The zero-order valence-electron chi connectivity index (χ0n) is 17.4. The van der Waals surface area contributed by atoms with E-state index in [1.165, 1.54) is 0 Å². The van der Waals surface area contributed by atoms with Crippen LogP contribution in [0.15, 0.2) is 83.5 Å². The first-order chi connectivity index (χ1) is 15.3. The maximum Gasteiger partial charge on any atom is 0.343 e. The first kappa shape index (κ1) is 21.3. The van der Waals surface area contributed by atoms with E-state index in [2.05, 4.69) is 5.32 Å². The Bertz CT molecular complexity index is 1250. The fraction of sp³-hybridized carbons (Fsp3) is 0.0800. The summed E-state index contributed by atoms with van der Waals surface area (Å²) in [5.74, 6) is -1.19. The molecular weight excluding hydrogens is 428 g/mol. The van der Waals surface area contributed by atoms with Crippen molar-refractivity contribution in [1.29, 1.82) is 0 Å². The zero-order valence-corrected chi connectivity index (χ0v) is 18.1. The largest absolute Gasteiger partial charge is 0.423 e. The van der Waals surface area contributed by atoms with Crippen LogP contribution in [0.2, 0.25) is 0 Å². The van der Waals surface area contributed by atoms with E-state index in [0.29, 0.717) is 22.7 Å². The van der Waals surface area contributed by atoms with Crippen LogP contribution in [0.25, 0.3) is 0 Å². The number of anilines is 2. The number of ether oxygens (including phenoxy) is 1. The highest BCUT2D eigenvalue weighted by Gasteiger charge is 2.39. The number of benzene rings is 3. The molecule has 0 fully saturated rings.